The minimum absolute atomic E-state index is 0.0161. The summed E-state index contributed by atoms with van der Waals surface area (Å²) in [5.74, 6) is -1.94. The van der Waals surface area contributed by atoms with E-state index in [2.05, 4.69) is 5.32 Å². The average Bonchev–Trinajstić information content (AvgIpc) is 2.53. The highest BCUT2D eigenvalue weighted by Crippen LogP contribution is 2.18. The van der Waals surface area contributed by atoms with Crippen molar-refractivity contribution in [2.75, 3.05) is 19.6 Å². The molecule has 5 nitrogen and oxygen atoms in total. The molecule has 0 aromatic heterocycles. The first-order valence-electron chi connectivity index (χ1n) is 7.06. The van der Waals surface area contributed by atoms with Crippen molar-refractivity contribution in [3.8, 4) is 0 Å². The molecular formula is C13H21F3N2O3. The number of hydrogen-bond donors (Lipinski definition) is 2. The van der Waals surface area contributed by atoms with Crippen LogP contribution in [0.2, 0.25) is 0 Å². The van der Waals surface area contributed by atoms with Gasteiger partial charge in [-0.1, -0.05) is 25.7 Å². The van der Waals surface area contributed by atoms with Crippen LogP contribution in [0.3, 0.4) is 0 Å². The minimum atomic E-state index is -4.53. The summed E-state index contributed by atoms with van der Waals surface area (Å²) in [6.07, 6.45) is 1.31. The Hall–Kier alpha value is -1.31. The maximum Gasteiger partial charge on any atom is 0.401 e. The standard InChI is InChI=1S/C13H21F3N2O3/c14-13(15,16)9-18(8-12(20)21)7-11(19)17-10-5-3-1-2-4-6-10/h10H,1-9H2,(H,17,19)(H,20,21). The Morgan fingerprint density at radius 2 is 1.67 bits per heavy atom. The number of carbonyl (C=O) groups is 2. The van der Waals surface area contributed by atoms with E-state index in [0.29, 0.717) is 4.90 Å². The normalized spacial score (nSPS) is 17.5. The number of amides is 1. The SMILES string of the molecule is O=C(O)CN(CC(=O)NC1CCCCCC1)CC(F)(F)F. The van der Waals surface area contributed by atoms with Crippen LogP contribution in [0.1, 0.15) is 38.5 Å². The van der Waals surface area contributed by atoms with Gasteiger partial charge in [-0.3, -0.25) is 14.5 Å². The first-order valence-corrected chi connectivity index (χ1v) is 7.06. The topological polar surface area (TPSA) is 69.6 Å². The third-order valence-electron chi connectivity index (χ3n) is 3.35. The van der Waals surface area contributed by atoms with Crippen molar-refractivity contribution >= 4 is 11.9 Å². The highest BCUT2D eigenvalue weighted by atomic mass is 19.4. The van der Waals surface area contributed by atoms with Crippen LogP contribution in [0.25, 0.3) is 0 Å². The summed E-state index contributed by atoms with van der Waals surface area (Å²) in [6.45, 7) is -2.77. The number of hydrogen-bond acceptors (Lipinski definition) is 3. The molecule has 2 N–H and O–H groups in total. The first kappa shape index (κ1) is 17.7. The molecule has 1 amide bonds. The molecule has 8 heteroatoms. The number of carboxylic acid groups (broad SMARTS) is 1. The van der Waals surface area contributed by atoms with Crippen LogP contribution in [0.4, 0.5) is 13.2 Å². The van der Waals surface area contributed by atoms with Gasteiger partial charge in [0.15, 0.2) is 0 Å². The Kier molecular flexibility index (Phi) is 6.94. The molecule has 1 aliphatic rings. The maximum absolute atomic E-state index is 12.4. The van der Waals surface area contributed by atoms with E-state index in [1.807, 2.05) is 0 Å². The second-order valence-corrected chi connectivity index (χ2v) is 5.41. The Balaban J connectivity index is 2.48. The van der Waals surface area contributed by atoms with E-state index in [1.165, 1.54) is 0 Å². The number of nitrogens with one attached hydrogen (secondary N) is 1. The molecule has 0 spiro atoms. The second kappa shape index (κ2) is 8.21. The number of aliphatic carboxylic acids is 1. The van der Waals surface area contributed by atoms with Gasteiger partial charge in [-0.05, 0) is 12.8 Å². The number of carbonyl (C=O) groups excluding carboxylic acids is 1. The van der Waals surface area contributed by atoms with Gasteiger partial charge < -0.3 is 10.4 Å². The summed E-state index contributed by atoms with van der Waals surface area (Å²) in [5, 5.41) is 11.3. The lowest BCUT2D eigenvalue weighted by atomic mass is 10.1. The monoisotopic (exact) mass is 310 g/mol. The molecule has 21 heavy (non-hydrogen) atoms. The summed E-state index contributed by atoms with van der Waals surface area (Å²) >= 11 is 0. The third kappa shape index (κ3) is 8.54. The van der Waals surface area contributed by atoms with Crippen LogP contribution in [0.5, 0.6) is 0 Å². The minimum Gasteiger partial charge on any atom is -0.480 e. The van der Waals surface area contributed by atoms with Crippen LogP contribution in [-0.4, -0.2) is 53.7 Å². The van der Waals surface area contributed by atoms with Gasteiger partial charge in [0, 0.05) is 6.04 Å². The predicted molar refractivity (Wildman–Crippen MR) is 69.8 cm³/mol. The Bertz CT molecular complexity index is 353. The molecule has 1 saturated carbocycles. The lowest BCUT2D eigenvalue weighted by molar-refractivity contribution is -0.155. The Labute approximate surface area is 121 Å². The van der Waals surface area contributed by atoms with Crippen molar-refractivity contribution in [1.29, 1.82) is 0 Å². The predicted octanol–water partition coefficient (Wildman–Crippen LogP) is 1.77. The van der Waals surface area contributed by atoms with Gasteiger partial charge in [0.25, 0.3) is 0 Å². The molecule has 0 aromatic rings. The second-order valence-electron chi connectivity index (χ2n) is 5.41. The fourth-order valence-corrected chi connectivity index (χ4v) is 2.51. The van der Waals surface area contributed by atoms with E-state index in [-0.39, 0.29) is 6.04 Å². The third-order valence-corrected chi connectivity index (χ3v) is 3.35. The summed E-state index contributed by atoms with van der Waals surface area (Å²) in [4.78, 5) is 23.0. The molecule has 0 saturated heterocycles. The zero-order valence-corrected chi connectivity index (χ0v) is 11.8. The number of rotatable bonds is 6. The molecule has 0 atom stereocenters. The quantitative estimate of drug-likeness (QED) is 0.734. The summed E-state index contributed by atoms with van der Waals surface area (Å²) in [7, 11) is 0. The van der Waals surface area contributed by atoms with Crippen molar-refractivity contribution < 1.29 is 27.9 Å². The van der Waals surface area contributed by atoms with E-state index < -0.39 is 37.7 Å². The van der Waals surface area contributed by atoms with E-state index in [4.69, 9.17) is 5.11 Å². The molecule has 1 fully saturated rings. The molecule has 1 rings (SSSR count). The Morgan fingerprint density at radius 3 is 2.14 bits per heavy atom. The lowest BCUT2D eigenvalue weighted by Crippen LogP contribution is -2.46. The molecule has 0 bridgehead atoms. The average molecular weight is 310 g/mol. The molecule has 0 radical (unpaired) electrons. The summed E-state index contributed by atoms with van der Waals surface area (Å²) < 4.78 is 37.1. The summed E-state index contributed by atoms with van der Waals surface area (Å²) in [5.41, 5.74) is 0. The highest BCUT2D eigenvalue weighted by Gasteiger charge is 2.32. The number of carboxylic acids is 1. The van der Waals surface area contributed by atoms with Gasteiger partial charge in [0.2, 0.25) is 5.91 Å². The van der Waals surface area contributed by atoms with Crippen LogP contribution in [0.15, 0.2) is 0 Å². The van der Waals surface area contributed by atoms with Gasteiger partial charge in [-0.15, -0.1) is 0 Å². The van der Waals surface area contributed by atoms with E-state index in [9.17, 15) is 22.8 Å². The molecular weight excluding hydrogens is 289 g/mol. The van der Waals surface area contributed by atoms with Crippen molar-refractivity contribution in [1.82, 2.24) is 10.2 Å². The number of alkyl halides is 3. The smallest absolute Gasteiger partial charge is 0.401 e. The number of nitrogens with zero attached hydrogens (tertiary/aromatic N) is 1. The van der Waals surface area contributed by atoms with Gasteiger partial charge in [-0.2, -0.15) is 13.2 Å². The van der Waals surface area contributed by atoms with E-state index >= 15 is 0 Å². The van der Waals surface area contributed by atoms with E-state index in [0.717, 1.165) is 38.5 Å². The van der Waals surface area contributed by atoms with Gasteiger partial charge >= 0.3 is 12.1 Å². The summed E-state index contributed by atoms with van der Waals surface area (Å²) in [6, 6.07) is -0.0161. The fourth-order valence-electron chi connectivity index (χ4n) is 2.51. The van der Waals surface area contributed by atoms with Crippen molar-refractivity contribution in [3.05, 3.63) is 0 Å². The first-order chi connectivity index (χ1) is 9.76. The largest absolute Gasteiger partial charge is 0.480 e. The zero-order valence-electron chi connectivity index (χ0n) is 11.8. The molecule has 0 aliphatic heterocycles. The van der Waals surface area contributed by atoms with Crippen LogP contribution >= 0.6 is 0 Å². The molecule has 0 heterocycles. The highest BCUT2D eigenvalue weighted by molar-refractivity contribution is 5.79. The van der Waals surface area contributed by atoms with Crippen molar-refractivity contribution in [3.63, 3.8) is 0 Å². The van der Waals surface area contributed by atoms with E-state index in [1.54, 1.807) is 0 Å². The maximum atomic E-state index is 12.4. The lowest BCUT2D eigenvalue weighted by Gasteiger charge is -2.23. The van der Waals surface area contributed by atoms with Crippen molar-refractivity contribution in [2.45, 2.75) is 50.7 Å². The molecule has 122 valence electrons. The molecule has 0 aromatic carbocycles. The van der Waals surface area contributed by atoms with Crippen LogP contribution in [0, 0.1) is 0 Å². The van der Waals surface area contributed by atoms with Crippen molar-refractivity contribution in [2.24, 2.45) is 0 Å². The molecule has 0 unspecified atom stereocenters. The van der Waals surface area contributed by atoms with Gasteiger partial charge in [0.05, 0.1) is 19.6 Å². The van der Waals surface area contributed by atoms with Crippen LogP contribution in [-0.2, 0) is 9.59 Å². The molecule has 1 aliphatic carbocycles. The number of halogens is 3. The Morgan fingerprint density at radius 1 is 1.10 bits per heavy atom. The van der Waals surface area contributed by atoms with Gasteiger partial charge in [-0.25, -0.2) is 0 Å². The van der Waals surface area contributed by atoms with Crippen LogP contribution < -0.4 is 5.32 Å². The fraction of sp³-hybridized carbons (Fsp3) is 0.846. The zero-order chi connectivity index (χ0) is 15.9. The van der Waals surface area contributed by atoms with Gasteiger partial charge in [0.1, 0.15) is 0 Å².